The number of nitrogens with zero attached hydrogens (tertiary/aromatic N) is 3. The summed E-state index contributed by atoms with van der Waals surface area (Å²) >= 11 is 0. The molecule has 15 heteroatoms. The van der Waals surface area contributed by atoms with E-state index in [1.807, 2.05) is 63.2 Å². The SMILES string of the molecule is CC[C@H]1OC(=O)[C@H](C)[C@@H](OC(=O)Cc2cccnc2)[C@H](C)[C@@H](O[C@@H]2O[C@H](C)C[C@H](N(C)C)[C@H]2O)C(C)(O)C[C@@H](C)/C(=N\OCCCOc2ccccc2)[C@H](C)[C@@H](O)[C@]1(C)O. The first kappa shape index (κ1) is 49.0. The van der Waals surface area contributed by atoms with Gasteiger partial charge >= 0.3 is 11.9 Å². The third kappa shape index (κ3) is 12.7. The number of hydrogen-bond donors (Lipinski definition) is 4. The number of carbonyl (C=O) groups excluding carboxylic acids is 2. The van der Waals surface area contributed by atoms with Crippen molar-refractivity contribution in [2.45, 2.75) is 148 Å². The van der Waals surface area contributed by atoms with Gasteiger partial charge in [-0.15, -0.1) is 0 Å². The van der Waals surface area contributed by atoms with Gasteiger partial charge in [-0.2, -0.15) is 0 Å². The van der Waals surface area contributed by atoms with Gasteiger partial charge in [0.15, 0.2) is 6.29 Å². The molecule has 1 aromatic heterocycles. The Labute approximate surface area is 355 Å². The molecule has 2 saturated heterocycles. The summed E-state index contributed by atoms with van der Waals surface area (Å²) in [6, 6.07) is 12.5. The summed E-state index contributed by atoms with van der Waals surface area (Å²) in [7, 11) is 3.71. The Hall–Kier alpha value is -3.70. The molecular formula is C45H69N3O12. The van der Waals surface area contributed by atoms with E-state index in [1.54, 1.807) is 59.1 Å². The number of aliphatic hydroxyl groups excluding tert-OH is 2. The van der Waals surface area contributed by atoms with E-state index in [9.17, 15) is 30.0 Å². The van der Waals surface area contributed by atoms with Crippen LogP contribution in [0.1, 0.15) is 86.6 Å². The fraction of sp³-hybridized carbons (Fsp3) is 0.689. The molecule has 0 saturated carbocycles. The number of cyclic esters (lactones) is 1. The number of aliphatic hydroxyl groups is 4. The van der Waals surface area contributed by atoms with Crippen molar-refractivity contribution in [1.82, 2.24) is 9.88 Å². The third-order valence-electron chi connectivity index (χ3n) is 12.0. The van der Waals surface area contributed by atoms with Crippen molar-refractivity contribution >= 4 is 17.7 Å². The molecule has 0 aliphatic carbocycles. The lowest BCUT2D eigenvalue weighted by molar-refractivity contribution is -0.299. The van der Waals surface area contributed by atoms with Gasteiger partial charge in [-0.25, -0.2) is 0 Å². The lowest BCUT2D eigenvalue weighted by atomic mass is 9.73. The number of aromatic nitrogens is 1. The molecule has 0 bridgehead atoms. The van der Waals surface area contributed by atoms with Crippen LogP contribution in [0.4, 0.5) is 0 Å². The molecule has 0 radical (unpaired) electrons. The molecule has 1 aromatic carbocycles. The fourth-order valence-corrected chi connectivity index (χ4v) is 8.60. The van der Waals surface area contributed by atoms with Crippen molar-refractivity contribution in [3.63, 3.8) is 0 Å². The van der Waals surface area contributed by atoms with Crippen LogP contribution in [0.5, 0.6) is 5.75 Å². The fourth-order valence-electron chi connectivity index (χ4n) is 8.60. The quantitative estimate of drug-likeness (QED) is 0.126. The van der Waals surface area contributed by atoms with E-state index in [-0.39, 0.29) is 38.0 Å². The van der Waals surface area contributed by atoms with E-state index in [4.69, 9.17) is 28.5 Å². The average Bonchev–Trinajstić information content (AvgIpc) is 3.20. The molecule has 2 aliphatic rings. The van der Waals surface area contributed by atoms with Crippen LogP contribution in [0, 0.1) is 23.7 Å². The average molecular weight is 844 g/mol. The first-order chi connectivity index (χ1) is 28.3. The monoisotopic (exact) mass is 843 g/mol. The zero-order chi connectivity index (χ0) is 44.4. The summed E-state index contributed by atoms with van der Waals surface area (Å²) in [6.07, 6.45) is -3.75. The molecular weight excluding hydrogens is 775 g/mol. The number of carbonyl (C=O) groups is 2. The minimum absolute atomic E-state index is 0.0393. The minimum Gasteiger partial charge on any atom is -0.493 e. The molecule has 14 atom stereocenters. The summed E-state index contributed by atoms with van der Waals surface area (Å²) in [5.41, 5.74) is -2.84. The van der Waals surface area contributed by atoms with Gasteiger partial charge in [-0.3, -0.25) is 14.6 Å². The summed E-state index contributed by atoms with van der Waals surface area (Å²) in [4.78, 5) is 39.7. The maximum Gasteiger partial charge on any atom is 0.312 e. The summed E-state index contributed by atoms with van der Waals surface area (Å²) < 4.78 is 30.8. The van der Waals surface area contributed by atoms with Gasteiger partial charge < -0.3 is 53.8 Å². The molecule has 15 nitrogen and oxygen atoms in total. The molecule has 0 amide bonds. The summed E-state index contributed by atoms with van der Waals surface area (Å²) in [6.45, 7) is 13.9. The number of hydrogen-bond acceptors (Lipinski definition) is 15. The first-order valence-electron chi connectivity index (χ1n) is 21.2. The number of pyridine rings is 1. The molecule has 60 heavy (non-hydrogen) atoms. The van der Waals surface area contributed by atoms with Crippen molar-refractivity contribution < 1.29 is 58.5 Å². The van der Waals surface area contributed by atoms with E-state index in [0.29, 0.717) is 30.7 Å². The maximum absolute atomic E-state index is 14.2. The van der Waals surface area contributed by atoms with Crippen LogP contribution in [-0.4, -0.2) is 135 Å². The Morgan fingerprint density at radius 2 is 1.70 bits per heavy atom. The van der Waals surface area contributed by atoms with Crippen molar-refractivity contribution in [1.29, 1.82) is 0 Å². The smallest absolute Gasteiger partial charge is 0.312 e. The predicted octanol–water partition coefficient (Wildman–Crippen LogP) is 4.32. The van der Waals surface area contributed by atoms with Crippen LogP contribution in [0.3, 0.4) is 0 Å². The predicted molar refractivity (Wildman–Crippen MR) is 224 cm³/mol. The highest BCUT2D eigenvalue weighted by Crippen LogP contribution is 2.39. The Bertz CT molecular complexity index is 1660. The van der Waals surface area contributed by atoms with Crippen LogP contribution < -0.4 is 4.74 Å². The van der Waals surface area contributed by atoms with E-state index in [0.717, 1.165) is 5.75 Å². The van der Waals surface area contributed by atoms with Crippen LogP contribution in [0.2, 0.25) is 0 Å². The highest BCUT2D eigenvalue weighted by Gasteiger charge is 2.52. The van der Waals surface area contributed by atoms with Gasteiger partial charge in [0.2, 0.25) is 0 Å². The largest absolute Gasteiger partial charge is 0.493 e. The van der Waals surface area contributed by atoms with E-state index in [2.05, 4.69) is 10.1 Å². The number of rotatable bonds is 13. The molecule has 2 aliphatic heterocycles. The van der Waals surface area contributed by atoms with E-state index in [1.165, 1.54) is 6.92 Å². The van der Waals surface area contributed by atoms with E-state index < -0.39 is 83.6 Å². The topological polar surface area (TPSA) is 199 Å². The van der Waals surface area contributed by atoms with Crippen LogP contribution in [0.15, 0.2) is 60.0 Å². The molecule has 336 valence electrons. The number of benzene rings is 1. The number of likely N-dealkylation sites (N-methyl/N-ethyl adjacent to an activating group) is 1. The van der Waals surface area contributed by atoms with Gasteiger partial charge in [-0.05, 0) is 84.8 Å². The Balaban J connectivity index is 1.77. The molecule has 2 aromatic rings. The normalized spacial score (nSPS) is 36.6. The standard InChI is InChI=1S/C45H69N3O12/c1-11-35-45(8,54)40(51)29(4)37(47-56-22-16-21-55-33-18-13-12-14-19-33)27(2)25-44(7,53)41(60-43-38(50)34(48(9)10)23-28(3)57-43)30(5)39(31(6)42(52)58-35)59-36(49)24-32-17-15-20-46-26-32/h12-15,17-20,26-31,34-35,38-41,43,50-51,53-54H,11,16,21-25H2,1-10H3/b47-37+/t27-,28-,29+,30+,31-,34+,35-,38-,39+,40-,41-,43+,44?,45-/m1/s1. The Morgan fingerprint density at radius 1 is 1.00 bits per heavy atom. The first-order valence-corrected chi connectivity index (χ1v) is 21.2. The van der Waals surface area contributed by atoms with E-state index >= 15 is 0 Å². The molecule has 4 rings (SSSR count). The Kier molecular flexibility index (Phi) is 17.9. The van der Waals surface area contributed by atoms with Crippen LogP contribution >= 0.6 is 0 Å². The maximum atomic E-state index is 14.2. The number of para-hydroxylation sites is 1. The van der Waals surface area contributed by atoms with Gasteiger partial charge in [0.25, 0.3) is 0 Å². The second kappa shape index (κ2) is 21.9. The van der Waals surface area contributed by atoms with Gasteiger partial charge in [0.1, 0.15) is 36.3 Å². The molecule has 0 spiro atoms. The van der Waals surface area contributed by atoms with Gasteiger partial charge in [0, 0.05) is 42.6 Å². The highest BCUT2D eigenvalue weighted by molar-refractivity contribution is 5.88. The van der Waals surface area contributed by atoms with Crippen LogP contribution in [0.25, 0.3) is 0 Å². The minimum atomic E-state index is -1.97. The zero-order valence-electron chi connectivity index (χ0n) is 37.0. The third-order valence-corrected chi connectivity index (χ3v) is 12.0. The Morgan fingerprint density at radius 3 is 2.33 bits per heavy atom. The number of ether oxygens (including phenoxy) is 5. The molecule has 3 heterocycles. The van der Waals surface area contributed by atoms with Crippen molar-refractivity contribution in [2.75, 3.05) is 27.3 Å². The lowest BCUT2D eigenvalue weighted by Crippen LogP contribution is -2.60. The van der Waals surface area contributed by atoms with Gasteiger partial charge in [-0.1, -0.05) is 57.1 Å². The van der Waals surface area contributed by atoms with Gasteiger partial charge in [0.05, 0.1) is 48.6 Å². The van der Waals surface area contributed by atoms with Crippen molar-refractivity contribution in [3.05, 3.63) is 60.4 Å². The molecule has 1 unspecified atom stereocenters. The molecule has 2 fully saturated rings. The second-order valence-electron chi connectivity index (χ2n) is 17.4. The zero-order valence-corrected chi connectivity index (χ0v) is 37.0. The summed E-state index contributed by atoms with van der Waals surface area (Å²) in [5, 5.41) is 52.7. The van der Waals surface area contributed by atoms with Crippen LogP contribution in [-0.2, 0) is 39.8 Å². The number of esters is 2. The number of oxime groups is 1. The lowest BCUT2D eigenvalue weighted by Gasteiger charge is -2.47. The molecule has 4 N–H and O–H groups in total. The van der Waals surface area contributed by atoms with Crippen molar-refractivity contribution in [3.8, 4) is 5.75 Å². The highest BCUT2D eigenvalue weighted by atomic mass is 16.7. The summed E-state index contributed by atoms with van der Waals surface area (Å²) in [5.74, 6) is -4.29. The van der Waals surface area contributed by atoms with Crippen molar-refractivity contribution in [2.24, 2.45) is 28.8 Å². The second-order valence-corrected chi connectivity index (χ2v) is 17.4.